The number of aryl methyl sites for hydroxylation is 1. The molecule has 2 aromatic carbocycles. The summed E-state index contributed by atoms with van der Waals surface area (Å²) >= 11 is 0. The number of hydrogen-bond donors (Lipinski definition) is 0. The third-order valence-corrected chi connectivity index (χ3v) is 6.33. The van der Waals surface area contributed by atoms with Gasteiger partial charge in [0.15, 0.2) is 0 Å². The van der Waals surface area contributed by atoms with E-state index >= 15 is 0 Å². The molecule has 3 nitrogen and oxygen atoms in total. The zero-order valence-electron chi connectivity index (χ0n) is 17.2. The second-order valence-corrected chi connectivity index (χ2v) is 8.58. The Morgan fingerprint density at radius 1 is 1.03 bits per heavy atom. The van der Waals surface area contributed by atoms with Crippen molar-refractivity contribution in [3.8, 4) is 0 Å². The van der Waals surface area contributed by atoms with Crippen molar-refractivity contribution in [1.29, 1.82) is 0 Å². The second-order valence-electron chi connectivity index (χ2n) is 8.58. The summed E-state index contributed by atoms with van der Waals surface area (Å²) in [4.78, 5) is 17.3. The number of likely N-dealkylation sites (tertiary alicyclic amines) is 2. The number of amides is 1. The molecule has 1 amide bonds. The van der Waals surface area contributed by atoms with Crippen LogP contribution in [0.5, 0.6) is 0 Å². The fourth-order valence-electron chi connectivity index (χ4n) is 4.80. The molecule has 0 aliphatic carbocycles. The molecule has 6 heteroatoms. The maximum Gasteiger partial charge on any atom is 0.416 e. The summed E-state index contributed by atoms with van der Waals surface area (Å²) in [6.45, 7) is 5.84. The molecule has 160 valence electrons. The molecule has 30 heavy (non-hydrogen) atoms. The summed E-state index contributed by atoms with van der Waals surface area (Å²) in [5.41, 5.74) is 1.71. The van der Waals surface area contributed by atoms with E-state index in [1.807, 2.05) is 36.1 Å². The van der Waals surface area contributed by atoms with Crippen molar-refractivity contribution in [3.05, 3.63) is 70.8 Å². The summed E-state index contributed by atoms with van der Waals surface area (Å²) in [6.07, 6.45) is -2.05. The van der Waals surface area contributed by atoms with Crippen molar-refractivity contribution >= 4 is 5.91 Å². The second kappa shape index (κ2) is 8.42. The summed E-state index contributed by atoms with van der Waals surface area (Å²) in [7, 11) is 0. The van der Waals surface area contributed by atoms with Crippen LogP contribution in [-0.2, 0) is 6.18 Å². The number of nitrogens with zero attached hydrogens (tertiary/aromatic N) is 2. The topological polar surface area (TPSA) is 23.6 Å². The van der Waals surface area contributed by atoms with Gasteiger partial charge in [0.2, 0.25) is 0 Å². The number of rotatable bonds is 4. The van der Waals surface area contributed by atoms with Crippen LogP contribution in [0, 0.1) is 12.8 Å². The van der Waals surface area contributed by atoms with Crippen LogP contribution in [-0.4, -0.2) is 48.4 Å². The van der Waals surface area contributed by atoms with Crippen LogP contribution in [0.4, 0.5) is 13.2 Å². The van der Waals surface area contributed by atoms with Gasteiger partial charge >= 0.3 is 6.18 Å². The first kappa shape index (κ1) is 20.9. The van der Waals surface area contributed by atoms with Gasteiger partial charge in [0.1, 0.15) is 0 Å². The maximum absolute atomic E-state index is 13.3. The maximum atomic E-state index is 13.3. The Kier molecular flexibility index (Phi) is 5.87. The van der Waals surface area contributed by atoms with E-state index in [1.165, 1.54) is 12.1 Å². The number of alkyl halides is 3. The third kappa shape index (κ3) is 4.53. The van der Waals surface area contributed by atoms with E-state index in [0.29, 0.717) is 24.2 Å². The normalized spacial score (nSPS) is 22.6. The largest absolute Gasteiger partial charge is 0.416 e. The molecule has 2 aromatic rings. The lowest BCUT2D eigenvalue weighted by molar-refractivity contribution is -0.137. The van der Waals surface area contributed by atoms with E-state index in [4.69, 9.17) is 0 Å². The molecule has 2 aliphatic heterocycles. The summed E-state index contributed by atoms with van der Waals surface area (Å²) in [5.74, 6) is -0.0124. The van der Waals surface area contributed by atoms with Gasteiger partial charge in [-0.2, -0.15) is 13.2 Å². The van der Waals surface area contributed by atoms with Gasteiger partial charge in [0.25, 0.3) is 5.91 Å². The zero-order valence-corrected chi connectivity index (χ0v) is 17.2. The quantitative estimate of drug-likeness (QED) is 0.703. The fraction of sp³-hybridized carbons (Fsp3) is 0.458. The minimum absolute atomic E-state index is 0.0420. The predicted molar refractivity (Wildman–Crippen MR) is 110 cm³/mol. The van der Waals surface area contributed by atoms with E-state index in [1.54, 1.807) is 6.07 Å². The van der Waals surface area contributed by atoms with Crippen LogP contribution in [0.2, 0.25) is 0 Å². The van der Waals surface area contributed by atoms with Gasteiger partial charge in [-0.25, -0.2) is 0 Å². The van der Waals surface area contributed by atoms with Crippen molar-refractivity contribution in [2.75, 3.05) is 32.7 Å². The van der Waals surface area contributed by atoms with Crippen molar-refractivity contribution in [1.82, 2.24) is 9.80 Å². The number of hydrogen-bond acceptors (Lipinski definition) is 2. The molecule has 2 atom stereocenters. The highest BCUT2D eigenvalue weighted by molar-refractivity contribution is 5.94. The first-order chi connectivity index (χ1) is 14.3. The molecule has 2 fully saturated rings. The van der Waals surface area contributed by atoms with Gasteiger partial charge in [-0.1, -0.05) is 35.9 Å². The van der Waals surface area contributed by atoms with Gasteiger partial charge in [-0.3, -0.25) is 4.79 Å². The highest BCUT2D eigenvalue weighted by Gasteiger charge is 2.39. The SMILES string of the molecule is Cc1cccc(C(=O)N2C[C@H](CN3CCCC3)[C@H](c3cccc(C(F)(F)F)c3)C2)c1. The Bertz CT molecular complexity index is 905. The first-order valence-corrected chi connectivity index (χ1v) is 10.6. The lowest BCUT2D eigenvalue weighted by Gasteiger charge is -2.24. The molecule has 2 heterocycles. The third-order valence-electron chi connectivity index (χ3n) is 6.33. The highest BCUT2D eigenvalue weighted by Crippen LogP contribution is 2.37. The van der Waals surface area contributed by atoms with Gasteiger partial charge in [0, 0.05) is 31.1 Å². The molecule has 2 saturated heterocycles. The van der Waals surface area contributed by atoms with Gasteiger partial charge in [0.05, 0.1) is 5.56 Å². The molecule has 0 spiro atoms. The predicted octanol–water partition coefficient (Wildman–Crippen LogP) is 4.97. The van der Waals surface area contributed by atoms with Crippen LogP contribution >= 0.6 is 0 Å². The number of carbonyl (C=O) groups is 1. The number of carbonyl (C=O) groups excluding carboxylic acids is 1. The Balaban J connectivity index is 1.60. The van der Waals surface area contributed by atoms with E-state index < -0.39 is 11.7 Å². The Morgan fingerprint density at radius 2 is 1.77 bits per heavy atom. The minimum atomic E-state index is -4.36. The van der Waals surface area contributed by atoms with Gasteiger partial charge in [-0.15, -0.1) is 0 Å². The molecule has 2 aliphatic rings. The van der Waals surface area contributed by atoms with Crippen LogP contribution in [0.15, 0.2) is 48.5 Å². The Labute approximate surface area is 175 Å². The van der Waals surface area contributed by atoms with E-state index in [9.17, 15) is 18.0 Å². The van der Waals surface area contributed by atoms with Crippen LogP contribution in [0.3, 0.4) is 0 Å². The monoisotopic (exact) mass is 416 g/mol. The van der Waals surface area contributed by atoms with Crippen molar-refractivity contribution < 1.29 is 18.0 Å². The fourth-order valence-corrected chi connectivity index (χ4v) is 4.80. The molecular formula is C24H27F3N2O. The van der Waals surface area contributed by atoms with E-state index in [0.717, 1.165) is 44.1 Å². The minimum Gasteiger partial charge on any atom is -0.338 e. The molecule has 0 bridgehead atoms. The number of halogens is 3. The lowest BCUT2D eigenvalue weighted by atomic mass is 9.87. The van der Waals surface area contributed by atoms with Crippen molar-refractivity contribution in [2.45, 2.75) is 31.9 Å². The number of benzene rings is 2. The molecule has 0 saturated carbocycles. The van der Waals surface area contributed by atoms with Crippen molar-refractivity contribution in [2.24, 2.45) is 5.92 Å². The summed E-state index contributed by atoms with van der Waals surface area (Å²) < 4.78 is 39.8. The highest BCUT2D eigenvalue weighted by atomic mass is 19.4. The molecular weight excluding hydrogens is 389 g/mol. The van der Waals surface area contributed by atoms with E-state index in [-0.39, 0.29) is 17.7 Å². The van der Waals surface area contributed by atoms with Crippen LogP contribution in [0.25, 0.3) is 0 Å². The summed E-state index contributed by atoms with van der Waals surface area (Å²) in [6, 6.07) is 13.1. The smallest absolute Gasteiger partial charge is 0.338 e. The van der Waals surface area contributed by atoms with Gasteiger partial charge < -0.3 is 9.80 Å². The lowest BCUT2D eigenvalue weighted by Crippen LogP contribution is -2.32. The van der Waals surface area contributed by atoms with Crippen LogP contribution < -0.4 is 0 Å². The molecule has 0 aromatic heterocycles. The standard InChI is InChI=1S/C24H27F3N2O/c1-17-6-4-8-19(12-17)23(30)29-15-20(14-28-10-2-3-11-28)22(16-29)18-7-5-9-21(13-18)24(25,26)27/h4-9,12-13,20,22H,2-3,10-11,14-16H2,1H3/t20-,22-/m0/s1. The average molecular weight is 416 g/mol. The Hall–Kier alpha value is -2.34. The Morgan fingerprint density at radius 3 is 2.47 bits per heavy atom. The van der Waals surface area contributed by atoms with E-state index in [2.05, 4.69) is 4.90 Å². The first-order valence-electron chi connectivity index (χ1n) is 10.6. The average Bonchev–Trinajstić information content (AvgIpc) is 3.37. The molecule has 0 unspecified atom stereocenters. The van der Waals surface area contributed by atoms with Gasteiger partial charge in [-0.05, 0) is 62.5 Å². The molecule has 4 rings (SSSR count). The summed E-state index contributed by atoms with van der Waals surface area (Å²) in [5, 5.41) is 0. The van der Waals surface area contributed by atoms with Crippen LogP contribution in [0.1, 0.15) is 45.8 Å². The molecule has 0 N–H and O–H groups in total. The van der Waals surface area contributed by atoms with Crippen molar-refractivity contribution in [3.63, 3.8) is 0 Å². The zero-order chi connectivity index (χ0) is 21.3. The molecule has 0 radical (unpaired) electrons.